The lowest BCUT2D eigenvalue weighted by molar-refractivity contribution is -0.139. The Balaban J connectivity index is -0.000000226. The van der Waals surface area contributed by atoms with Crippen LogP contribution in [0.4, 0.5) is 0 Å². The number of esters is 1. The Hall–Kier alpha value is -3.32. The van der Waals surface area contributed by atoms with Crippen LogP contribution < -0.4 is 0 Å². The van der Waals surface area contributed by atoms with Crippen LogP contribution in [0.15, 0.2) is 50.1 Å². The van der Waals surface area contributed by atoms with E-state index in [1.165, 1.54) is 0 Å². The summed E-state index contributed by atoms with van der Waals surface area (Å²) < 4.78 is 4.82. The van der Waals surface area contributed by atoms with E-state index < -0.39 is 29.3 Å². The number of rotatable bonds is 13. The third kappa shape index (κ3) is 28.7. The number of aliphatic hydroxyl groups is 4. The molecule has 0 aromatic heterocycles. The fourth-order valence-electron chi connectivity index (χ4n) is 1.24. The number of aliphatic hydroxyl groups excluding tert-OH is 4. The topological polar surface area (TPSA) is 219 Å². The predicted octanol–water partition coefficient (Wildman–Crippen LogP) is -0.0173. The van der Waals surface area contributed by atoms with Crippen LogP contribution in [0.2, 0.25) is 0 Å². The van der Waals surface area contributed by atoms with Gasteiger partial charge in [-0.25, -0.2) is 19.2 Å². The Kier molecular flexibility index (Phi) is 28.0. The predicted molar refractivity (Wildman–Crippen MR) is 118 cm³/mol. The first kappa shape index (κ1) is 37.0. The highest BCUT2D eigenvalue weighted by Crippen LogP contribution is 2.24. The zero-order valence-corrected chi connectivity index (χ0v) is 18.4. The average Bonchev–Trinajstić information content (AvgIpc) is 2.81. The van der Waals surface area contributed by atoms with Crippen LogP contribution in [0.3, 0.4) is 0 Å². The van der Waals surface area contributed by atoms with Crippen molar-refractivity contribution in [1.82, 2.24) is 0 Å². The van der Waals surface area contributed by atoms with Crippen LogP contribution in [0.25, 0.3) is 0 Å². The lowest BCUT2D eigenvalue weighted by atomic mass is 9.84. The zero-order chi connectivity index (χ0) is 26.9. The number of hydrogen-bond acceptors (Lipinski definition) is 9. The Morgan fingerprint density at radius 2 is 1.09 bits per heavy atom. The fraction of sp³-hybridized carbons (Fsp3) is 0.429. The number of carboxylic acid groups (broad SMARTS) is 3. The molecule has 0 amide bonds. The summed E-state index contributed by atoms with van der Waals surface area (Å²) in [5.74, 6) is -3.51. The highest BCUT2D eigenvalue weighted by atomic mass is 16.5. The van der Waals surface area contributed by atoms with Gasteiger partial charge in [0.2, 0.25) is 0 Å². The molecule has 0 aromatic carbocycles. The molecular weight excluding hydrogens is 444 g/mol. The summed E-state index contributed by atoms with van der Waals surface area (Å²) in [7, 11) is 0. The van der Waals surface area contributed by atoms with Gasteiger partial charge in [-0.15, -0.1) is 0 Å². The molecule has 0 aliphatic heterocycles. The van der Waals surface area contributed by atoms with Crippen LogP contribution in [-0.2, 0) is 23.9 Å². The molecule has 0 aliphatic carbocycles. The summed E-state index contributed by atoms with van der Waals surface area (Å²) in [6.07, 6.45) is 3.33. The van der Waals surface area contributed by atoms with Crippen molar-refractivity contribution in [2.24, 2.45) is 5.41 Å². The number of carboxylic acids is 3. The van der Waals surface area contributed by atoms with Gasteiger partial charge >= 0.3 is 23.9 Å². The van der Waals surface area contributed by atoms with Crippen molar-refractivity contribution in [3.8, 4) is 0 Å². The Bertz CT molecular complexity index is 570. The van der Waals surface area contributed by atoms with E-state index in [-0.39, 0.29) is 51.4 Å². The minimum absolute atomic E-state index is 0.0532. The molecule has 0 spiro atoms. The summed E-state index contributed by atoms with van der Waals surface area (Å²) in [6, 6.07) is 0. The van der Waals surface area contributed by atoms with E-state index in [1.807, 2.05) is 0 Å². The molecule has 0 bridgehead atoms. The third-order valence-electron chi connectivity index (χ3n) is 3.31. The fourth-order valence-corrected chi connectivity index (χ4v) is 1.24. The lowest BCUT2D eigenvalue weighted by Gasteiger charge is -2.27. The van der Waals surface area contributed by atoms with E-state index in [0.717, 1.165) is 18.2 Å². The van der Waals surface area contributed by atoms with E-state index in [4.69, 9.17) is 40.5 Å². The van der Waals surface area contributed by atoms with E-state index in [0.29, 0.717) is 6.42 Å². The molecule has 12 heteroatoms. The first-order valence-corrected chi connectivity index (χ1v) is 9.21. The van der Waals surface area contributed by atoms with E-state index >= 15 is 0 Å². The maximum atomic E-state index is 11.4. The van der Waals surface area contributed by atoms with Gasteiger partial charge in [-0.1, -0.05) is 26.3 Å². The molecule has 0 saturated heterocycles. The van der Waals surface area contributed by atoms with Crippen LogP contribution in [0, 0.1) is 5.41 Å². The second-order valence-electron chi connectivity index (χ2n) is 5.92. The minimum Gasteiger partial charge on any atom is -0.478 e. The molecule has 33 heavy (non-hydrogen) atoms. The molecule has 0 rings (SSSR count). The van der Waals surface area contributed by atoms with Gasteiger partial charge in [-0.3, -0.25) is 0 Å². The SMILES string of the molecule is C=C(CCC(CO)(CO)CO)C(=O)OCCCO.C=CC(=O)O.C=CC(=O)O.C=CC(=O)O. The van der Waals surface area contributed by atoms with Crippen LogP contribution in [0.5, 0.6) is 0 Å². The molecule has 0 radical (unpaired) electrons. The number of aliphatic carboxylic acids is 3. The maximum Gasteiger partial charge on any atom is 0.333 e. The molecule has 0 heterocycles. The van der Waals surface area contributed by atoms with Gasteiger partial charge in [0.25, 0.3) is 0 Å². The molecule has 0 saturated carbocycles. The molecule has 7 N–H and O–H groups in total. The van der Waals surface area contributed by atoms with E-state index in [1.54, 1.807) is 0 Å². The van der Waals surface area contributed by atoms with Crippen molar-refractivity contribution in [3.05, 3.63) is 50.1 Å². The minimum atomic E-state index is -1.01. The van der Waals surface area contributed by atoms with Gasteiger partial charge in [0.15, 0.2) is 0 Å². The number of carbonyl (C=O) groups is 4. The monoisotopic (exact) mass is 478 g/mol. The van der Waals surface area contributed by atoms with Crippen LogP contribution >= 0.6 is 0 Å². The first-order chi connectivity index (χ1) is 15.4. The molecule has 190 valence electrons. The summed E-state index contributed by atoms with van der Waals surface area (Å²) in [5, 5.41) is 58.7. The number of ether oxygens (including phenoxy) is 1. The highest BCUT2D eigenvalue weighted by molar-refractivity contribution is 5.87. The highest BCUT2D eigenvalue weighted by Gasteiger charge is 2.28. The van der Waals surface area contributed by atoms with Crippen molar-refractivity contribution in [3.63, 3.8) is 0 Å². The molecule has 0 aliphatic rings. The normalized spacial score (nSPS) is 9.09. The van der Waals surface area contributed by atoms with Crippen LogP contribution in [0.1, 0.15) is 19.3 Å². The van der Waals surface area contributed by atoms with Crippen molar-refractivity contribution in [2.75, 3.05) is 33.0 Å². The standard InChI is InChI=1S/C12H22O6.3C3H4O2/c1-10(11(17)18-6-2-5-13)3-4-12(7-14,8-15)9-16;3*1-2-3(4)5/h13-16H,1-9H2;3*2H,1H2,(H,4,5). The quantitative estimate of drug-likeness (QED) is 0.105. The molecule has 12 nitrogen and oxygen atoms in total. The molecule has 0 aromatic rings. The van der Waals surface area contributed by atoms with Gasteiger partial charge in [-0.2, -0.15) is 0 Å². The van der Waals surface area contributed by atoms with Gasteiger partial charge in [-0.05, 0) is 12.8 Å². The molecular formula is C21H34O12. The third-order valence-corrected chi connectivity index (χ3v) is 3.31. The van der Waals surface area contributed by atoms with Crippen molar-refractivity contribution >= 4 is 23.9 Å². The van der Waals surface area contributed by atoms with Crippen molar-refractivity contribution in [2.45, 2.75) is 19.3 Å². The Labute approximate surface area is 192 Å². The second kappa shape index (κ2) is 24.9. The van der Waals surface area contributed by atoms with Crippen molar-refractivity contribution in [1.29, 1.82) is 0 Å². The molecule has 0 atom stereocenters. The molecule has 0 unspecified atom stereocenters. The number of hydrogen-bond donors (Lipinski definition) is 7. The zero-order valence-electron chi connectivity index (χ0n) is 18.4. The largest absolute Gasteiger partial charge is 0.478 e. The van der Waals surface area contributed by atoms with Crippen LogP contribution in [-0.4, -0.2) is 92.7 Å². The summed E-state index contributed by atoms with van der Waals surface area (Å²) in [5.41, 5.74) is -0.790. The van der Waals surface area contributed by atoms with E-state index in [2.05, 4.69) is 26.3 Å². The summed E-state index contributed by atoms with van der Waals surface area (Å²) in [6.45, 7) is 11.4. The van der Waals surface area contributed by atoms with Gasteiger partial charge < -0.3 is 40.5 Å². The van der Waals surface area contributed by atoms with Gasteiger partial charge in [0.1, 0.15) is 0 Å². The summed E-state index contributed by atoms with van der Waals surface area (Å²) >= 11 is 0. The van der Waals surface area contributed by atoms with Crippen molar-refractivity contribution < 1.29 is 59.7 Å². The van der Waals surface area contributed by atoms with Gasteiger partial charge in [0, 0.05) is 42.2 Å². The first-order valence-electron chi connectivity index (χ1n) is 9.21. The summed E-state index contributed by atoms with van der Waals surface area (Å²) in [4.78, 5) is 39.2. The van der Waals surface area contributed by atoms with E-state index in [9.17, 15) is 19.2 Å². The number of carbonyl (C=O) groups excluding carboxylic acids is 1. The lowest BCUT2D eigenvalue weighted by Crippen LogP contribution is -2.34. The Morgan fingerprint density at radius 1 is 0.758 bits per heavy atom. The maximum absolute atomic E-state index is 11.4. The second-order valence-corrected chi connectivity index (χ2v) is 5.92. The average molecular weight is 478 g/mol. The van der Waals surface area contributed by atoms with Gasteiger partial charge in [0.05, 0.1) is 26.4 Å². The molecule has 0 fully saturated rings. The smallest absolute Gasteiger partial charge is 0.333 e. The Morgan fingerprint density at radius 3 is 1.33 bits per heavy atom.